The Morgan fingerprint density at radius 2 is 1.13 bits per heavy atom. The molecule has 1 aliphatic rings. The van der Waals surface area contributed by atoms with Crippen LogP contribution >= 0.6 is 11.8 Å². The van der Waals surface area contributed by atoms with Crippen LogP contribution < -0.4 is 4.90 Å². The molecule has 8 rings (SSSR count). The Morgan fingerprint density at radius 3 is 1.80 bits per heavy atom. The summed E-state index contributed by atoms with van der Waals surface area (Å²) in [5, 5.41) is 1.04. The summed E-state index contributed by atoms with van der Waals surface area (Å²) in [4.78, 5) is 10.5. The highest BCUT2D eigenvalue weighted by Crippen LogP contribution is 2.52. The maximum Gasteiger partial charge on any atom is 0.206 e. The summed E-state index contributed by atoms with van der Waals surface area (Å²) in [7, 11) is -3.63. The molecule has 0 saturated heterocycles. The molecule has 0 spiro atoms. The highest BCUT2D eigenvalue weighted by Gasteiger charge is 2.27. The molecule has 2 heterocycles. The number of nitrogens with zero attached hydrogens (tertiary/aromatic N) is 2. The molecule has 0 atom stereocenters. The lowest BCUT2D eigenvalue weighted by molar-refractivity contribution is 0.596. The third-order valence-electron chi connectivity index (χ3n) is 8.37. The van der Waals surface area contributed by atoms with Crippen LogP contribution in [0.4, 0.5) is 17.1 Å². The second-order valence-electron chi connectivity index (χ2n) is 11.3. The molecular formula is C40H28N2O2S2. The van der Waals surface area contributed by atoms with E-state index in [2.05, 4.69) is 109 Å². The van der Waals surface area contributed by atoms with E-state index in [1.54, 1.807) is 48.2 Å². The highest BCUT2D eigenvalue weighted by molar-refractivity contribution is 7.99. The van der Waals surface area contributed by atoms with Gasteiger partial charge in [-0.15, -0.1) is 0 Å². The smallest absolute Gasteiger partial charge is 0.206 e. The Morgan fingerprint density at radius 1 is 0.565 bits per heavy atom. The molecule has 0 unspecified atom stereocenters. The van der Waals surface area contributed by atoms with Crippen LogP contribution in [0.25, 0.3) is 33.3 Å². The molecule has 0 amide bonds. The van der Waals surface area contributed by atoms with Crippen LogP contribution in [-0.2, 0) is 9.84 Å². The summed E-state index contributed by atoms with van der Waals surface area (Å²) >= 11 is 1.78. The molecule has 6 aromatic carbocycles. The normalized spacial score (nSPS) is 12.5. The van der Waals surface area contributed by atoms with Crippen molar-refractivity contribution in [1.82, 2.24) is 4.98 Å². The van der Waals surface area contributed by atoms with Crippen molar-refractivity contribution >= 4 is 49.6 Å². The topological polar surface area (TPSA) is 50.3 Å². The minimum atomic E-state index is -3.63. The quantitative estimate of drug-likeness (QED) is 0.189. The average molecular weight is 633 g/mol. The first-order valence-corrected chi connectivity index (χ1v) is 17.3. The second kappa shape index (κ2) is 11.3. The lowest BCUT2D eigenvalue weighted by Gasteiger charge is -2.33. The molecule has 0 bridgehead atoms. The molecule has 46 heavy (non-hydrogen) atoms. The molecule has 1 aliphatic heterocycles. The number of sulfone groups is 1. The fraction of sp³-hybridized carbons (Fsp3) is 0.0250. The average Bonchev–Trinajstić information content (AvgIpc) is 3.11. The molecule has 0 aliphatic carbocycles. The van der Waals surface area contributed by atoms with Crippen molar-refractivity contribution in [2.45, 2.75) is 26.5 Å². The van der Waals surface area contributed by atoms with Crippen molar-refractivity contribution in [2.24, 2.45) is 0 Å². The number of hydrogen-bond acceptors (Lipinski definition) is 5. The van der Waals surface area contributed by atoms with Gasteiger partial charge in [-0.3, -0.25) is 0 Å². The van der Waals surface area contributed by atoms with Crippen LogP contribution in [-0.4, -0.2) is 13.4 Å². The third-order valence-corrected chi connectivity index (χ3v) is 11.3. The number of benzene rings is 6. The van der Waals surface area contributed by atoms with Gasteiger partial charge in [0.15, 0.2) is 0 Å². The SMILES string of the molecule is Cc1ccc(-c2cc(-c3ccc(S(=O)(=O)c4ccccc4)cc3)nc3c(N4c5ccccc5Sc5ccccc54)cccc23)cc1. The fourth-order valence-corrected chi connectivity index (χ4v) is 8.38. The van der Waals surface area contributed by atoms with E-state index >= 15 is 0 Å². The number of aromatic nitrogens is 1. The van der Waals surface area contributed by atoms with Gasteiger partial charge in [-0.2, -0.15) is 0 Å². The van der Waals surface area contributed by atoms with Crippen LogP contribution in [0.15, 0.2) is 171 Å². The van der Waals surface area contributed by atoms with Crippen molar-refractivity contribution < 1.29 is 8.42 Å². The number of pyridine rings is 1. The van der Waals surface area contributed by atoms with E-state index in [9.17, 15) is 8.42 Å². The van der Waals surface area contributed by atoms with E-state index in [-0.39, 0.29) is 9.79 Å². The van der Waals surface area contributed by atoms with Gasteiger partial charge in [-0.25, -0.2) is 13.4 Å². The summed E-state index contributed by atoms with van der Waals surface area (Å²) in [6, 6.07) is 49.6. The summed E-state index contributed by atoms with van der Waals surface area (Å²) in [6.07, 6.45) is 0. The first-order chi connectivity index (χ1) is 22.5. The van der Waals surface area contributed by atoms with Crippen LogP contribution in [0.5, 0.6) is 0 Å². The van der Waals surface area contributed by atoms with Gasteiger partial charge in [-0.1, -0.05) is 108 Å². The Bertz CT molecular complexity index is 2310. The molecule has 0 fully saturated rings. The van der Waals surface area contributed by atoms with Gasteiger partial charge in [0.05, 0.1) is 38.1 Å². The molecular weight excluding hydrogens is 605 g/mol. The van der Waals surface area contributed by atoms with Gasteiger partial charge >= 0.3 is 0 Å². The first-order valence-electron chi connectivity index (χ1n) is 15.0. The Kier molecular flexibility index (Phi) is 6.97. The summed E-state index contributed by atoms with van der Waals surface area (Å²) < 4.78 is 26.6. The second-order valence-corrected chi connectivity index (χ2v) is 14.3. The van der Waals surface area contributed by atoms with Crippen LogP contribution in [0.2, 0.25) is 0 Å². The van der Waals surface area contributed by atoms with E-state index < -0.39 is 9.84 Å². The van der Waals surface area contributed by atoms with Crippen molar-refractivity contribution in [3.8, 4) is 22.4 Å². The summed E-state index contributed by atoms with van der Waals surface area (Å²) in [5.74, 6) is 0. The standard InChI is InChI=1S/C40H28N2O2S2/c1-27-18-20-28(21-19-27)33-26-34(29-22-24-31(25-23-29)46(43,44)30-10-3-2-4-11-30)41-40-32(33)12-9-15-37(40)42-35-13-5-7-16-38(35)45-39-17-8-6-14-36(39)42/h2-26H,1H3. The zero-order chi connectivity index (χ0) is 31.3. The van der Waals surface area contributed by atoms with Gasteiger partial charge < -0.3 is 4.90 Å². The number of fused-ring (bicyclic) bond motifs is 3. The zero-order valence-electron chi connectivity index (χ0n) is 25.0. The van der Waals surface area contributed by atoms with Crippen LogP contribution in [0.3, 0.4) is 0 Å². The van der Waals surface area contributed by atoms with Crippen molar-refractivity contribution in [2.75, 3.05) is 4.90 Å². The van der Waals surface area contributed by atoms with Gasteiger partial charge in [-0.05, 0) is 78.7 Å². The van der Waals surface area contributed by atoms with E-state index in [1.807, 2.05) is 18.2 Å². The van der Waals surface area contributed by atoms with Crippen LogP contribution in [0, 0.1) is 6.92 Å². The fourth-order valence-electron chi connectivity index (χ4n) is 6.04. The Balaban J connectivity index is 1.34. The lowest BCUT2D eigenvalue weighted by Crippen LogP contribution is -2.15. The predicted molar refractivity (Wildman–Crippen MR) is 188 cm³/mol. The predicted octanol–water partition coefficient (Wildman–Crippen LogP) is 10.6. The minimum absolute atomic E-state index is 0.252. The van der Waals surface area contributed by atoms with Crippen molar-refractivity contribution in [3.05, 3.63) is 157 Å². The lowest BCUT2D eigenvalue weighted by atomic mass is 9.96. The summed E-state index contributed by atoms with van der Waals surface area (Å²) in [6.45, 7) is 2.09. The monoisotopic (exact) mass is 632 g/mol. The van der Waals surface area contributed by atoms with Gasteiger partial charge in [0, 0.05) is 20.7 Å². The number of anilines is 3. The number of hydrogen-bond donors (Lipinski definition) is 0. The highest BCUT2D eigenvalue weighted by atomic mass is 32.2. The molecule has 4 nitrogen and oxygen atoms in total. The molecule has 1 aromatic heterocycles. The molecule has 0 radical (unpaired) electrons. The van der Waals surface area contributed by atoms with Crippen molar-refractivity contribution in [1.29, 1.82) is 0 Å². The maximum absolute atomic E-state index is 13.3. The van der Waals surface area contributed by atoms with Crippen LogP contribution in [0.1, 0.15) is 5.56 Å². The number of rotatable bonds is 5. The summed E-state index contributed by atoms with van der Waals surface area (Å²) in [5.41, 5.74) is 9.03. The molecule has 222 valence electrons. The molecule has 0 N–H and O–H groups in total. The van der Waals surface area contributed by atoms with Gasteiger partial charge in [0.2, 0.25) is 9.84 Å². The van der Waals surface area contributed by atoms with Gasteiger partial charge in [0.25, 0.3) is 0 Å². The number of para-hydroxylation sites is 3. The Labute approximate surface area is 272 Å². The van der Waals surface area contributed by atoms with Gasteiger partial charge in [0.1, 0.15) is 0 Å². The van der Waals surface area contributed by atoms with E-state index in [0.717, 1.165) is 50.3 Å². The maximum atomic E-state index is 13.3. The Hall–Kier alpha value is -5.17. The molecule has 0 saturated carbocycles. The first kappa shape index (κ1) is 28.3. The van der Waals surface area contributed by atoms with E-state index in [0.29, 0.717) is 0 Å². The molecule has 6 heteroatoms. The van der Waals surface area contributed by atoms with E-state index in [4.69, 9.17) is 4.98 Å². The zero-order valence-corrected chi connectivity index (χ0v) is 26.6. The third kappa shape index (κ3) is 4.87. The molecule has 7 aromatic rings. The largest absolute Gasteiger partial charge is 0.306 e. The minimum Gasteiger partial charge on any atom is -0.306 e. The van der Waals surface area contributed by atoms with E-state index in [1.165, 1.54) is 15.4 Å². The van der Waals surface area contributed by atoms with Crippen molar-refractivity contribution in [3.63, 3.8) is 0 Å². The number of aryl methyl sites for hydroxylation is 1.